The lowest BCUT2D eigenvalue weighted by atomic mass is 10.3. The van der Waals surface area contributed by atoms with Crippen molar-refractivity contribution in [1.82, 2.24) is 9.55 Å². The van der Waals surface area contributed by atoms with E-state index in [0.29, 0.717) is 0 Å². The molecule has 0 fully saturated rings. The maximum absolute atomic E-state index is 12.8. The summed E-state index contributed by atoms with van der Waals surface area (Å²) in [6.07, 6.45) is 3.62. The van der Waals surface area contributed by atoms with Crippen molar-refractivity contribution in [2.45, 2.75) is 17.3 Å². The molecular formula is C20H21N3O2S. The molecule has 3 aromatic rings. The van der Waals surface area contributed by atoms with Crippen molar-refractivity contribution >= 4 is 23.4 Å². The first-order valence-corrected chi connectivity index (χ1v) is 9.15. The van der Waals surface area contributed by atoms with Crippen molar-refractivity contribution in [3.63, 3.8) is 0 Å². The minimum atomic E-state index is -0.271. The van der Waals surface area contributed by atoms with Crippen LogP contribution in [0.2, 0.25) is 0 Å². The van der Waals surface area contributed by atoms with Gasteiger partial charge in [0.05, 0.1) is 18.0 Å². The van der Waals surface area contributed by atoms with Crippen molar-refractivity contribution in [1.29, 1.82) is 0 Å². The Morgan fingerprint density at radius 2 is 1.96 bits per heavy atom. The number of carbonyl (C=O) groups is 1. The number of anilines is 1. The molecule has 1 heterocycles. The second kappa shape index (κ2) is 8.10. The molecule has 3 rings (SSSR count). The van der Waals surface area contributed by atoms with Gasteiger partial charge in [0, 0.05) is 31.2 Å². The predicted molar refractivity (Wildman–Crippen MR) is 105 cm³/mol. The van der Waals surface area contributed by atoms with Gasteiger partial charge in [-0.3, -0.25) is 9.36 Å². The van der Waals surface area contributed by atoms with Crippen LogP contribution in [-0.2, 0) is 4.79 Å². The Balaban J connectivity index is 1.77. The predicted octanol–water partition coefficient (Wildman–Crippen LogP) is 4.02. The van der Waals surface area contributed by atoms with E-state index in [1.807, 2.05) is 72.3 Å². The van der Waals surface area contributed by atoms with Crippen LogP contribution in [0, 0.1) is 0 Å². The molecule has 134 valence electrons. The number of imidazole rings is 1. The van der Waals surface area contributed by atoms with Crippen molar-refractivity contribution < 1.29 is 9.53 Å². The lowest BCUT2D eigenvalue weighted by molar-refractivity contribution is -0.117. The summed E-state index contributed by atoms with van der Waals surface area (Å²) in [4.78, 5) is 18.9. The van der Waals surface area contributed by atoms with E-state index < -0.39 is 0 Å². The minimum Gasteiger partial charge on any atom is -0.497 e. The largest absolute Gasteiger partial charge is 0.497 e. The van der Waals surface area contributed by atoms with E-state index in [1.165, 1.54) is 11.8 Å². The second-order valence-corrected chi connectivity index (χ2v) is 7.08. The monoisotopic (exact) mass is 367 g/mol. The highest BCUT2D eigenvalue weighted by Crippen LogP contribution is 2.27. The third kappa shape index (κ3) is 3.91. The van der Waals surface area contributed by atoms with Gasteiger partial charge in [0.25, 0.3) is 0 Å². The first kappa shape index (κ1) is 18.1. The van der Waals surface area contributed by atoms with Crippen LogP contribution in [0.5, 0.6) is 5.75 Å². The Morgan fingerprint density at radius 1 is 1.19 bits per heavy atom. The zero-order valence-corrected chi connectivity index (χ0v) is 15.8. The Hall–Kier alpha value is -2.73. The van der Waals surface area contributed by atoms with Gasteiger partial charge in [0.1, 0.15) is 5.75 Å². The summed E-state index contributed by atoms with van der Waals surface area (Å²) >= 11 is 1.44. The van der Waals surface area contributed by atoms with E-state index in [0.717, 1.165) is 22.3 Å². The second-order valence-electron chi connectivity index (χ2n) is 5.77. The fraction of sp³-hybridized carbons (Fsp3) is 0.200. The van der Waals surface area contributed by atoms with Crippen LogP contribution >= 0.6 is 11.8 Å². The van der Waals surface area contributed by atoms with Gasteiger partial charge in [-0.05, 0) is 31.2 Å². The third-order valence-corrected chi connectivity index (χ3v) is 5.11. The van der Waals surface area contributed by atoms with Crippen LogP contribution in [0.15, 0.2) is 72.1 Å². The molecule has 0 N–H and O–H groups in total. The summed E-state index contributed by atoms with van der Waals surface area (Å²) in [7, 11) is 3.44. The molecule has 5 nitrogen and oxygen atoms in total. The molecule has 0 spiro atoms. The van der Waals surface area contributed by atoms with E-state index in [4.69, 9.17) is 4.74 Å². The zero-order chi connectivity index (χ0) is 18.5. The molecule has 2 aromatic carbocycles. The number of thioether (sulfide) groups is 1. The summed E-state index contributed by atoms with van der Waals surface area (Å²) in [6, 6.07) is 17.4. The van der Waals surface area contributed by atoms with E-state index >= 15 is 0 Å². The van der Waals surface area contributed by atoms with Gasteiger partial charge >= 0.3 is 0 Å². The van der Waals surface area contributed by atoms with E-state index in [1.54, 1.807) is 25.3 Å². The number of nitrogens with zero attached hydrogens (tertiary/aromatic N) is 3. The van der Waals surface area contributed by atoms with Crippen LogP contribution in [0.4, 0.5) is 5.69 Å². The number of amides is 1. The lowest BCUT2D eigenvalue weighted by Gasteiger charge is -2.21. The van der Waals surface area contributed by atoms with Gasteiger partial charge in [-0.1, -0.05) is 36.0 Å². The average molecular weight is 367 g/mol. The van der Waals surface area contributed by atoms with Crippen LogP contribution in [0.25, 0.3) is 5.69 Å². The van der Waals surface area contributed by atoms with E-state index in [9.17, 15) is 4.79 Å². The first-order valence-electron chi connectivity index (χ1n) is 8.27. The summed E-state index contributed by atoms with van der Waals surface area (Å²) in [5, 5.41) is 0.493. The lowest BCUT2D eigenvalue weighted by Crippen LogP contribution is -2.33. The number of para-hydroxylation sites is 1. The molecule has 0 aliphatic heterocycles. The maximum Gasteiger partial charge on any atom is 0.240 e. The van der Waals surface area contributed by atoms with Gasteiger partial charge in [-0.2, -0.15) is 0 Å². The Bertz CT molecular complexity index is 880. The topological polar surface area (TPSA) is 47.4 Å². The molecule has 0 saturated carbocycles. The van der Waals surface area contributed by atoms with Gasteiger partial charge in [-0.15, -0.1) is 0 Å². The minimum absolute atomic E-state index is 0.0291. The van der Waals surface area contributed by atoms with Crippen LogP contribution in [0.1, 0.15) is 6.92 Å². The third-order valence-electron chi connectivity index (χ3n) is 4.04. The van der Waals surface area contributed by atoms with Crippen LogP contribution < -0.4 is 9.64 Å². The molecule has 0 aliphatic rings. The summed E-state index contributed by atoms with van der Waals surface area (Å²) in [5.74, 6) is 0.807. The maximum atomic E-state index is 12.8. The number of benzene rings is 2. The van der Waals surface area contributed by atoms with Gasteiger partial charge in [-0.25, -0.2) is 4.98 Å². The molecule has 1 unspecified atom stereocenters. The molecule has 26 heavy (non-hydrogen) atoms. The smallest absolute Gasteiger partial charge is 0.240 e. The number of carbonyl (C=O) groups excluding carboxylic acids is 1. The zero-order valence-electron chi connectivity index (χ0n) is 15.0. The fourth-order valence-corrected chi connectivity index (χ4v) is 3.57. The molecule has 1 amide bonds. The molecular weight excluding hydrogens is 346 g/mol. The molecule has 0 bridgehead atoms. The number of hydrogen-bond donors (Lipinski definition) is 0. The number of rotatable bonds is 6. The summed E-state index contributed by atoms with van der Waals surface area (Å²) in [6.45, 7) is 1.90. The molecule has 0 saturated heterocycles. The Morgan fingerprint density at radius 3 is 2.69 bits per heavy atom. The van der Waals surface area contributed by atoms with Crippen LogP contribution in [0.3, 0.4) is 0 Å². The highest BCUT2D eigenvalue weighted by molar-refractivity contribution is 8.00. The standard InChI is InChI=1S/C20H21N3O2S/c1-15(19(24)22(2)16-8-5-4-6-9-16)26-20-21-12-13-23(20)17-10-7-11-18(14-17)25-3/h4-15H,1-3H3. The van der Waals surface area contributed by atoms with Gasteiger partial charge in [0.15, 0.2) is 5.16 Å². The average Bonchev–Trinajstić information content (AvgIpc) is 3.15. The van der Waals surface area contributed by atoms with Gasteiger partial charge in [0.2, 0.25) is 5.91 Å². The SMILES string of the molecule is COc1cccc(-n2ccnc2SC(C)C(=O)N(C)c2ccccc2)c1. The van der Waals surface area contributed by atoms with Crippen LogP contribution in [-0.4, -0.2) is 34.9 Å². The normalized spacial score (nSPS) is 11.8. The van der Waals surface area contributed by atoms with Crippen molar-refractivity contribution in [2.75, 3.05) is 19.1 Å². The Kier molecular flexibility index (Phi) is 5.63. The van der Waals surface area contributed by atoms with Crippen molar-refractivity contribution in [3.05, 3.63) is 67.0 Å². The van der Waals surface area contributed by atoms with E-state index in [-0.39, 0.29) is 11.2 Å². The number of hydrogen-bond acceptors (Lipinski definition) is 4. The van der Waals surface area contributed by atoms with Gasteiger partial charge < -0.3 is 9.64 Å². The number of aromatic nitrogens is 2. The fourth-order valence-electron chi connectivity index (χ4n) is 2.59. The van der Waals surface area contributed by atoms with E-state index in [2.05, 4.69) is 4.98 Å². The molecule has 1 aromatic heterocycles. The molecule has 6 heteroatoms. The summed E-state index contributed by atoms with van der Waals surface area (Å²) in [5.41, 5.74) is 1.82. The number of ether oxygens (including phenoxy) is 1. The molecule has 0 radical (unpaired) electrons. The summed E-state index contributed by atoms with van der Waals surface area (Å²) < 4.78 is 7.25. The van der Waals surface area contributed by atoms with Crippen molar-refractivity contribution in [3.8, 4) is 11.4 Å². The highest BCUT2D eigenvalue weighted by Gasteiger charge is 2.22. The highest BCUT2D eigenvalue weighted by atomic mass is 32.2. The van der Waals surface area contributed by atoms with Crippen molar-refractivity contribution in [2.24, 2.45) is 0 Å². The quantitative estimate of drug-likeness (QED) is 0.617. The first-order chi connectivity index (χ1) is 12.6. The number of methoxy groups -OCH3 is 1. The molecule has 0 aliphatic carbocycles. The molecule has 1 atom stereocenters. The Labute approximate surface area is 157 Å².